The van der Waals surface area contributed by atoms with E-state index in [1.165, 1.54) is 18.2 Å². The number of carbonyl (C=O) groups is 2. The lowest BCUT2D eigenvalue weighted by molar-refractivity contribution is -0.384. The molecular weight excluding hydrogens is 604 g/mol. The van der Waals surface area contributed by atoms with Gasteiger partial charge in [0.05, 0.1) is 22.6 Å². The number of thioether (sulfide) groups is 1. The second-order valence-corrected chi connectivity index (χ2v) is 11.7. The number of hydrogen-bond acceptors (Lipinski definition) is 8. The van der Waals surface area contributed by atoms with Gasteiger partial charge in [0.1, 0.15) is 5.75 Å². The standard InChI is InChI=1S/C31H31ClN6O5S/c1-21-20-35(16-17-36(21)30(40)26-15-12-24(38(41)42)19-27(26)32)28(39)9-6-18-44-31-34-33-29(22-7-4-3-5-8-22)37(31)23-10-13-25(43-2)14-11-23/h3-5,7-8,10-15,19,21H,6,9,16-18,20H2,1-2H3. The summed E-state index contributed by atoms with van der Waals surface area (Å²) in [5.74, 6) is 1.87. The van der Waals surface area contributed by atoms with Gasteiger partial charge in [-0.1, -0.05) is 53.7 Å². The quantitative estimate of drug-likeness (QED) is 0.0935. The maximum atomic E-state index is 13.1. The summed E-state index contributed by atoms with van der Waals surface area (Å²) in [5, 5.41) is 20.7. The van der Waals surface area contributed by atoms with Crippen LogP contribution in [0.2, 0.25) is 5.02 Å². The van der Waals surface area contributed by atoms with E-state index < -0.39 is 4.92 Å². The Morgan fingerprint density at radius 2 is 1.82 bits per heavy atom. The lowest BCUT2D eigenvalue weighted by atomic mass is 10.1. The number of nitro benzene ring substituents is 1. The number of carbonyl (C=O) groups excluding carboxylic acids is 2. The van der Waals surface area contributed by atoms with Crippen molar-refractivity contribution in [2.75, 3.05) is 32.5 Å². The van der Waals surface area contributed by atoms with Crippen molar-refractivity contribution in [3.63, 3.8) is 0 Å². The SMILES string of the molecule is COc1ccc(-n2c(SCCCC(=O)N3CCN(C(=O)c4ccc([N+](=O)[O-])cc4Cl)C(C)C3)nnc2-c2ccccc2)cc1. The van der Waals surface area contributed by atoms with Crippen molar-refractivity contribution in [1.82, 2.24) is 24.6 Å². The first kappa shape index (κ1) is 31.0. The van der Waals surface area contributed by atoms with Crippen LogP contribution in [0.3, 0.4) is 0 Å². The Hall–Kier alpha value is -4.42. The first-order valence-electron chi connectivity index (χ1n) is 14.1. The van der Waals surface area contributed by atoms with Gasteiger partial charge in [-0.25, -0.2) is 0 Å². The van der Waals surface area contributed by atoms with Gasteiger partial charge in [0.25, 0.3) is 11.6 Å². The van der Waals surface area contributed by atoms with E-state index in [9.17, 15) is 19.7 Å². The van der Waals surface area contributed by atoms with Crippen molar-refractivity contribution in [3.8, 4) is 22.8 Å². The van der Waals surface area contributed by atoms with Crippen molar-refractivity contribution in [1.29, 1.82) is 0 Å². The van der Waals surface area contributed by atoms with Gasteiger partial charge < -0.3 is 14.5 Å². The highest BCUT2D eigenvalue weighted by atomic mass is 35.5. The summed E-state index contributed by atoms with van der Waals surface area (Å²) in [6, 6.07) is 21.2. The van der Waals surface area contributed by atoms with Gasteiger partial charge in [-0.15, -0.1) is 10.2 Å². The number of non-ortho nitro benzene ring substituents is 1. The van der Waals surface area contributed by atoms with Gasteiger partial charge in [-0.05, 0) is 43.7 Å². The van der Waals surface area contributed by atoms with Gasteiger partial charge in [-0.2, -0.15) is 0 Å². The van der Waals surface area contributed by atoms with Crippen molar-refractivity contribution >= 4 is 40.9 Å². The molecule has 1 aliphatic rings. The summed E-state index contributed by atoms with van der Waals surface area (Å²) in [6.07, 6.45) is 1.01. The highest BCUT2D eigenvalue weighted by Crippen LogP contribution is 2.30. The monoisotopic (exact) mass is 634 g/mol. The van der Waals surface area contributed by atoms with E-state index in [2.05, 4.69) is 10.2 Å². The minimum Gasteiger partial charge on any atom is -0.497 e. The molecule has 2 amide bonds. The highest BCUT2D eigenvalue weighted by molar-refractivity contribution is 7.99. The van der Waals surface area contributed by atoms with Crippen LogP contribution in [0.1, 0.15) is 30.1 Å². The number of rotatable bonds is 10. The number of hydrogen-bond donors (Lipinski definition) is 0. The molecule has 13 heteroatoms. The van der Waals surface area contributed by atoms with E-state index in [1.54, 1.807) is 28.7 Å². The van der Waals surface area contributed by atoms with Gasteiger partial charge in [-0.3, -0.25) is 24.3 Å². The minimum atomic E-state index is -0.556. The average Bonchev–Trinajstić information content (AvgIpc) is 3.46. The van der Waals surface area contributed by atoms with E-state index in [4.69, 9.17) is 16.3 Å². The third kappa shape index (κ3) is 6.87. The zero-order valence-corrected chi connectivity index (χ0v) is 25.8. The number of nitro groups is 1. The smallest absolute Gasteiger partial charge is 0.270 e. The molecule has 2 heterocycles. The normalized spacial score (nSPS) is 14.8. The largest absolute Gasteiger partial charge is 0.497 e. The molecule has 11 nitrogen and oxygen atoms in total. The second-order valence-electron chi connectivity index (χ2n) is 10.3. The van der Waals surface area contributed by atoms with Crippen LogP contribution in [0.5, 0.6) is 5.75 Å². The molecule has 1 aliphatic heterocycles. The third-order valence-corrected chi connectivity index (χ3v) is 8.72. The molecule has 1 fully saturated rings. The third-order valence-electron chi connectivity index (χ3n) is 7.40. The fourth-order valence-corrected chi connectivity index (χ4v) is 6.22. The van der Waals surface area contributed by atoms with Gasteiger partial charge >= 0.3 is 0 Å². The molecule has 0 spiro atoms. The number of halogens is 1. The Kier molecular flexibility index (Phi) is 9.81. The van der Waals surface area contributed by atoms with E-state index in [-0.39, 0.29) is 34.1 Å². The van der Waals surface area contributed by atoms with Gasteiger partial charge in [0, 0.05) is 61.2 Å². The first-order valence-corrected chi connectivity index (χ1v) is 15.4. The van der Waals surface area contributed by atoms with Crippen molar-refractivity contribution in [2.24, 2.45) is 0 Å². The van der Waals surface area contributed by atoms with E-state index >= 15 is 0 Å². The van der Waals surface area contributed by atoms with Crippen LogP contribution in [0, 0.1) is 10.1 Å². The highest BCUT2D eigenvalue weighted by Gasteiger charge is 2.31. The Balaban J connectivity index is 1.17. The Bertz CT molecular complexity index is 1650. The molecule has 228 valence electrons. The Morgan fingerprint density at radius 1 is 1.07 bits per heavy atom. The van der Waals surface area contributed by atoms with Crippen LogP contribution >= 0.6 is 23.4 Å². The van der Waals surface area contributed by atoms with E-state index in [0.717, 1.165) is 28.0 Å². The second kappa shape index (κ2) is 13.9. The van der Waals surface area contributed by atoms with Crippen LogP contribution in [0.15, 0.2) is 78.0 Å². The number of aromatic nitrogens is 3. The molecule has 0 saturated carbocycles. The zero-order valence-electron chi connectivity index (χ0n) is 24.3. The van der Waals surface area contributed by atoms with Crippen LogP contribution in [-0.2, 0) is 4.79 Å². The fourth-order valence-electron chi connectivity index (χ4n) is 5.08. The molecule has 0 aliphatic carbocycles. The number of nitrogens with zero attached hydrogens (tertiary/aromatic N) is 6. The molecule has 0 bridgehead atoms. The topological polar surface area (TPSA) is 124 Å². The minimum absolute atomic E-state index is 0.0273. The molecule has 0 radical (unpaired) electrons. The van der Waals surface area contributed by atoms with Crippen LogP contribution < -0.4 is 4.74 Å². The molecule has 1 aromatic heterocycles. The molecule has 5 rings (SSSR count). The molecule has 0 N–H and O–H groups in total. The number of amides is 2. The van der Waals surface area contributed by atoms with Crippen molar-refractivity contribution in [2.45, 2.75) is 31.0 Å². The Morgan fingerprint density at radius 3 is 2.48 bits per heavy atom. The van der Waals surface area contributed by atoms with Gasteiger partial charge in [0.2, 0.25) is 5.91 Å². The number of piperazine rings is 1. The molecule has 1 saturated heterocycles. The molecular formula is C31H31ClN6O5S. The summed E-state index contributed by atoms with van der Waals surface area (Å²) in [4.78, 5) is 40.1. The predicted molar refractivity (Wildman–Crippen MR) is 168 cm³/mol. The number of methoxy groups -OCH3 is 1. The lowest BCUT2D eigenvalue weighted by Crippen LogP contribution is -2.55. The summed E-state index contributed by atoms with van der Waals surface area (Å²) < 4.78 is 7.33. The molecule has 4 aromatic rings. The summed E-state index contributed by atoms with van der Waals surface area (Å²) >= 11 is 7.73. The van der Waals surface area contributed by atoms with Gasteiger partial charge in [0.15, 0.2) is 11.0 Å². The average molecular weight is 635 g/mol. The fraction of sp³-hybridized carbons (Fsp3) is 0.290. The number of ether oxygens (including phenoxy) is 1. The van der Waals surface area contributed by atoms with Crippen molar-refractivity contribution < 1.29 is 19.2 Å². The first-order chi connectivity index (χ1) is 21.3. The van der Waals surface area contributed by atoms with E-state index in [1.807, 2.05) is 66.1 Å². The van der Waals surface area contributed by atoms with E-state index in [0.29, 0.717) is 38.2 Å². The zero-order chi connectivity index (χ0) is 31.2. The maximum absolute atomic E-state index is 13.1. The summed E-state index contributed by atoms with van der Waals surface area (Å²) in [6.45, 7) is 3.03. The predicted octanol–water partition coefficient (Wildman–Crippen LogP) is 5.75. The molecule has 44 heavy (non-hydrogen) atoms. The lowest BCUT2D eigenvalue weighted by Gasteiger charge is -2.40. The summed E-state index contributed by atoms with van der Waals surface area (Å²) in [7, 11) is 1.63. The van der Waals surface area contributed by atoms with Crippen LogP contribution in [0.25, 0.3) is 17.1 Å². The molecule has 1 unspecified atom stereocenters. The van der Waals surface area contributed by atoms with Crippen molar-refractivity contribution in [3.05, 3.63) is 93.5 Å². The van der Waals surface area contributed by atoms with Crippen LogP contribution in [0.4, 0.5) is 5.69 Å². The molecule has 1 atom stereocenters. The maximum Gasteiger partial charge on any atom is 0.270 e. The van der Waals surface area contributed by atoms with Crippen LogP contribution in [-0.4, -0.2) is 79.8 Å². The number of benzene rings is 3. The summed E-state index contributed by atoms with van der Waals surface area (Å²) in [5.41, 5.74) is 1.88. The molecule has 3 aromatic carbocycles. The Labute approximate surface area is 263 Å².